The van der Waals surface area contributed by atoms with Gasteiger partial charge in [0.25, 0.3) is 5.89 Å². The Balaban J connectivity index is 1.85. The first kappa shape index (κ1) is 13.3. The van der Waals surface area contributed by atoms with Gasteiger partial charge in [-0.05, 0) is 19.4 Å². The molecular formula is C15H19N3O2. The Bertz CT molecular complexity index is 560. The van der Waals surface area contributed by atoms with E-state index >= 15 is 0 Å². The number of morpholine rings is 1. The van der Waals surface area contributed by atoms with E-state index in [0.29, 0.717) is 24.9 Å². The van der Waals surface area contributed by atoms with Gasteiger partial charge in [-0.15, -0.1) is 0 Å². The van der Waals surface area contributed by atoms with Gasteiger partial charge in [-0.1, -0.05) is 35.5 Å². The molecule has 1 atom stereocenters. The van der Waals surface area contributed by atoms with Crippen LogP contribution in [0.5, 0.6) is 0 Å². The minimum atomic E-state index is -0.287. The van der Waals surface area contributed by atoms with E-state index in [1.807, 2.05) is 18.2 Å². The molecular weight excluding hydrogens is 254 g/mol. The Morgan fingerprint density at radius 2 is 2.05 bits per heavy atom. The Kier molecular flexibility index (Phi) is 3.54. The molecule has 0 spiro atoms. The molecule has 5 heteroatoms. The van der Waals surface area contributed by atoms with Gasteiger partial charge in [-0.2, -0.15) is 4.98 Å². The maximum Gasteiger partial charge on any atom is 0.257 e. The molecule has 1 aliphatic rings. The van der Waals surface area contributed by atoms with Crippen LogP contribution in [0.3, 0.4) is 0 Å². The summed E-state index contributed by atoms with van der Waals surface area (Å²) < 4.78 is 11.0. The van der Waals surface area contributed by atoms with Crippen molar-refractivity contribution in [3.63, 3.8) is 0 Å². The minimum Gasteiger partial charge on any atom is -0.366 e. The van der Waals surface area contributed by atoms with Crippen molar-refractivity contribution in [2.75, 3.05) is 19.7 Å². The van der Waals surface area contributed by atoms with Gasteiger partial charge in [-0.25, -0.2) is 0 Å². The molecule has 5 nitrogen and oxygen atoms in total. The first-order valence-electron chi connectivity index (χ1n) is 6.90. The highest BCUT2D eigenvalue weighted by molar-refractivity contribution is 5.30. The molecule has 0 bridgehead atoms. The summed E-state index contributed by atoms with van der Waals surface area (Å²) in [4.78, 5) is 4.54. The summed E-state index contributed by atoms with van der Waals surface area (Å²) in [5.74, 6) is 1.24. The number of ether oxygens (including phenoxy) is 1. The lowest BCUT2D eigenvalue weighted by molar-refractivity contribution is 0.00755. The molecule has 1 saturated heterocycles. The molecule has 2 heterocycles. The number of nitrogens with zero attached hydrogens (tertiary/aromatic N) is 2. The zero-order chi connectivity index (χ0) is 14.0. The van der Waals surface area contributed by atoms with Crippen LogP contribution in [0.15, 0.2) is 34.9 Å². The monoisotopic (exact) mass is 273 g/mol. The summed E-state index contributed by atoms with van der Waals surface area (Å²) in [6.45, 7) is 6.44. The summed E-state index contributed by atoms with van der Waals surface area (Å²) in [7, 11) is 0. The fourth-order valence-electron chi connectivity index (χ4n) is 2.33. The van der Waals surface area contributed by atoms with Crippen LogP contribution in [0.25, 0.3) is 0 Å². The van der Waals surface area contributed by atoms with Crippen LogP contribution >= 0.6 is 0 Å². The zero-order valence-corrected chi connectivity index (χ0v) is 11.8. The average Bonchev–Trinajstić information content (AvgIpc) is 3.00. The smallest absolute Gasteiger partial charge is 0.257 e. The number of aromatic nitrogens is 2. The van der Waals surface area contributed by atoms with Crippen molar-refractivity contribution in [1.82, 2.24) is 15.5 Å². The number of benzene rings is 1. The van der Waals surface area contributed by atoms with E-state index in [1.165, 1.54) is 0 Å². The molecule has 0 amide bonds. The van der Waals surface area contributed by atoms with E-state index in [4.69, 9.17) is 9.26 Å². The molecule has 1 aliphatic heterocycles. The van der Waals surface area contributed by atoms with Crippen molar-refractivity contribution < 1.29 is 9.26 Å². The lowest BCUT2D eigenvalue weighted by Gasteiger charge is -2.21. The Labute approximate surface area is 118 Å². The molecule has 2 aromatic rings. The fraction of sp³-hybridized carbons (Fsp3) is 0.467. The van der Waals surface area contributed by atoms with Gasteiger partial charge in [-0.3, -0.25) is 0 Å². The largest absolute Gasteiger partial charge is 0.366 e. The quantitative estimate of drug-likeness (QED) is 0.927. The third-order valence-electron chi connectivity index (χ3n) is 3.70. The second kappa shape index (κ2) is 5.34. The summed E-state index contributed by atoms with van der Waals surface area (Å²) in [6, 6.07) is 10.2. The van der Waals surface area contributed by atoms with Crippen LogP contribution in [-0.4, -0.2) is 29.8 Å². The molecule has 1 aromatic carbocycles. The van der Waals surface area contributed by atoms with Crippen molar-refractivity contribution in [2.45, 2.75) is 25.4 Å². The van der Waals surface area contributed by atoms with Crippen LogP contribution in [0.2, 0.25) is 0 Å². The van der Waals surface area contributed by atoms with E-state index in [2.05, 4.69) is 41.4 Å². The van der Waals surface area contributed by atoms with Crippen LogP contribution in [-0.2, 0) is 10.2 Å². The molecule has 0 saturated carbocycles. The van der Waals surface area contributed by atoms with Crippen LogP contribution in [0.4, 0.5) is 0 Å². The first-order chi connectivity index (χ1) is 9.68. The van der Waals surface area contributed by atoms with E-state index < -0.39 is 0 Å². The highest BCUT2D eigenvalue weighted by Crippen LogP contribution is 2.30. The number of rotatable bonds is 3. The number of hydrogen-bond donors (Lipinski definition) is 1. The first-order valence-corrected chi connectivity index (χ1v) is 6.90. The van der Waals surface area contributed by atoms with Crippen molar-refractivity contribution in [3.05, 3.63) is 47.6 Å². The van der Waals surface area contributed by atoms with Gasteiger partial charge >= 0.3 is 0 Å². The summed E-state index contributed by atoms with van der Waals surface area (Å²) in [6.07, 6.45) is -0.142. The maximum absolute atomic E-state index is 5.64. The van der Waals surface area contributed by atoms with Gasteiger partial charge in [0.15, 0.2) is 5.82 Å². The zero-order valence-electron chi connectivity index (χ0n) is 11.8. The predicted octanol–water partition coefficient (Wildman–Crippen LogP) is 2.06. The number of hydrogen-bond acceptors (Lipinski definition) is 5. The van der Waals surface area contributed by atoms with Gasteiger partial charge in [0.1, 0.15) is 6.10 Å². The molecule has 106 valence electrons. The highest BCUT2D eigenvalue weighted by atomic mass is 16.5. The molecule has 3 rings (SSSR count). The standard InChI is InChI=1S/C15H19N3O2/c1-15(2,11-6-4-3-5-7-11)14-17-13(20-18-14)12-10-16-8-9-19-12/h3-7,12,16H,8-10H2,1-2H3. The second-order valence-corrected chi connectivity index (χ2v) is 5.51. The van der Waals surface area contributed by atoms with Crippen LogP contribution in [0, 0.1) is 0 Å². The van der Waals surface area contributed by atoms with Crippen LogP contribution in [0.1, 0.15) is 37.2 Å². The minimum absolute atomic E-state index is 0.142. The van der Waals surface area contributed by atoms with E-state index in [1.54, 1.807) is 0 Å². The van der Waals surface area contributed by atoms with Gasteiger partial charge in [0.05, 0.1) is 12.0 Å². The van der Waals surface area contributed by atoms with Crippen molar-refractivity contribution >= 4 is 0 Å². The summed E-state index contributed by atoms with van der Waals surface area (Å²) >= 11 is 0. The van der Waals surface area contributed by atoms with E-state index in [0.717, 1.165) is 12.1 Å². The normalized spacial score (nSPS) is 20.0. The van der Waals surface area contributed by atoms with Crippen molar-refractivity contribution in [2.24, 2.45) is 0 Å². The fourth-order valence-corrected chi connectivity index (χ4v) is 2.33. The van der Waals surface area contributed by atoms with E-state index in [9.17, 15) is 0 Å². The topological polar surface area (TPSA) is 60.2 Å². The Morgan fingerprint density at radius 3 is 2.75 bits per heavy atom. The molecule has 0 radical (unpaired) electrons. The highest BCUT2D eigenvalue weighted by Gasteiger charge is 2.31. The molecule has 1 fully saturated rings. The van der Waals surface area contributed by atoms with Crippen molar-refractivity contribution in [3.8, 4) is 0 Å². The maximum atomic E-state index is 5.64. The van der Waals surface area contributed by atoms with Gasteiger partial charge in [0.2, 0.25) is 0 Å². The Morgan fingerprint density at radius 1 is 1.25 bits per heavy atom. The molecule has 1 unspecified atom stereocenters. The lowest BCUT2D eigenvalue weighted by Crippen LogP contribution is -2.33. The second-order valence-electron chi connectivity index (χ2n) is 5.51. The predicted molar refractivity (Wildman–Crippen MR) is 74.4 cm³/mol. The van der Waals surface area contributed by atoms with Crippen molar-refractivity contribution in [1.29, 1.82) is 0 Å². The molecule has 20 heavy (non-hydrogen) atoms. The molecule has 1 aromatic heterocycles. The third kappa shape index (κ3) is 2.46. The summed E-state index contributed by atoms with van der Waals surface area (Å²) in [5.41, 5.74) is 0.875. The van der Waals surface area contributed by atoms with Gasteiger partial charge in [0, 0.05) is 13.1 Å². The molecule has 1 N–H and O–H groups in total. The summed E-state index contributed by atoms with van der Waals surface area (Å²) in [5, 5.41) is 7.41. The van der Waals surface area contributed by atoms with E-state index in [-0.39, 0.29) is 11.5 Å². The third-order valence-corrected chi connectivity index (χ3v) is 3.70. The lowest BCUT2D eigenvalue weighted by atomic mass is 9.84. The Hall–Kier alpha value is -1.72. The number of nitrogens with one attached hydrogen (secondary N) is 1. The SMILES string of the molecule is CC(C)(c1ccccc1)c1noc(C2CNCCO2)n1. The van der Waals surface area contributed by atoms with Crippen LogP contribution < -0.4 is 5.32 Å². The molecule has 0 aliphatic carbocycles. The average molecular weight is 273 g/mol. The van der Waals surface area contributed by atoms with Gasteiger partial charge < -0.3 is 14.6 Å².